The lowest BCUT2D eigenvalue weighted by atomic mass is 10.0. The molecule has 0 spiro atoms. The number of aryl methyl sites for hydroxylation is 1. The van der Waals surface area contributed by atoms with Crippen LogP contribution >= 0.6 is 11.6 Å². The molecule has 2 rings (SSSR count). The van der Waals surface area contributed by atoms with Crippen molar-refractivity contribution in [3.63, 3.8) is 0 Å². The van der Waals surface area contributed by atoms with Crippen LogP contribution in [0.3, 0.4) is 0 Å². The second kappa shape index (κ2) is 10.4. The molecule has 2 aromatic rings. The van der Waals surface area contributed by atoms with Crippen LogP contribution in [0.25, 0.3) is 0 Å². The van der Waals surface area contributed by atoms with E-state index in [0.29, 0.717) is 17.1 Å². The third kappa shape index (κ3) is 6.31. The molecule has 5 nitrogen and oxygen atoms in total. The second-order valence-electron chi connectivity index (χ2n) is 7.81. The van der Waals surface area contributed by atoms with Crippen LogP contribution in [0.4, 0.5) is 0 Å². The minimum atomic E-state index is -0.627. The SMILES string of the molecule is Cc1ccc(C(=O)N[C@H](C(=O)NC[C@@H](c2ccccc2Cl)N(C)C)C(C)C)cc1. The van der Waals surface area contributed by atoms with Gasteiger partial charge < -0.3 is 15.5 Å². The number of carbonyl (C=O) groups excluding carboxylic acids is 2. The maximum atomic E-state index is 12.9. The summed E-state index contributed by atoms with van der Waals surface area (Å²) in [6, 6.07) is 14.2. The molecule has 2 aromatic carbocycles. The van der Waals surface area contributed by atoms with E-state index in [-0.39, 0.29) is 23.8 Å². The van der Waals surface area contributed by atoms with Gasteiger partial charge in [-0.25, -0.2) is 0 Å². The maximum absolute atomic E-state index is 12.9. The molecule has 2 N–H and O–H groups in total. The number of nitrogens with zero attached hydrogens (tertiary/aromatic N) is 1. The minimum absolute atomic E-state index is 0.0532. The summed E-state index contributed by atoms with van der Waals surface area (Å²) in [6.45, 7) is 6.18. The molecule has 0 unspecified atom stereocenters. The summed E-state index contributed by atoms with van der Waals surface area (Å²) >= 11 is 6.34. The van der Waals surface area contributed by atoms with Crippen molar-refractivity contribution >= 4 is 23.4 Å². The summed E-state index contributed by atoms with van der Waals surface area (Å²) in [6.07, 6.45) is 0. The van der Waals surface area contributed by atoms with Gasteiger partial charge >= 0.3 is 0 Å². The van der Waals surface area contributed by atoms with Crippen molar-refractivity contribution in [2.75, 3.05) is 20.6 Å². The first kappa shape index (κ1) is 22.9. The van der Waals surface area contributed by atoms with Gasteiger partial charge in [0.15, 0.2) is 0 Å². The average molecular weight is 416 g/mol. The zero-order valence-electron chi connectivity index (χ0n) is 17.7. The van der Waals surface area contributed by atoms with E-state index >= 15 is 0 Å². The number of likely N-dealkylation sites (N-methyl/N-ethyl adjacent to an activating group) is 1. The number of benzene rings is 2. The van der Waals surface area contributed by atoms with Crippen molar-refractivity contribution in [3.05, 3.63) is 70.2 Å². The smallest absolute Gasteiger partial charge is 0.251 e. The highest BCUT2D eigenvalue weighted by molar-refractivity contribution is 6.31. The van der Waals surface area contributed by atoms with Gasteiger partial charge in [0.25, 0.3) is 5.91 Å². The van der Waals surface area contributed by atoms with Gasteiger partial charge in [-0.05, 0) is 50.7 Å². The molecule has 2 atom stereocenters. The Balaban J connectivity index is 2.07. The largest absolute Gasteiger partial charge is 0.352 e. The van der Waals surface area contributed by atoms with Crippen molar-refractivity contribution in [2.45, 2.75) is 32.9 Å². The summed E-state index contributed by atoms with van der Waals surface area (Å²) in [7, 11) is 3.89. The fourth-order valence-electron chi connectivity index (χ4n) is 3.09. The molecular formula is C23H30ClN3O2. The molecule has 0 aliphatic rings. The highest BCUT2D eigenvalue weighted by atomic mass is 35.5. The molecule has 0 aliphatic heterocycles. The van der Waals surface area contributed by atoms with E-state index < -0.39 is 6.04 Å². The molecule has 0 aromatic heterocycles. The summed E-state index contributed by atoms with van der Waals surface area (Å²) in [5.74, 6) is -0.518. The molecular weight excluding hydrogens is 386 g/mol. The Morgan fingerprint density at radius 1 is 1.03 bits per heavy atom. The third-order valence-electron chi connectivity index (χ3n) is 4.91. The number of nitrogens with one attached hydrogen (secondary N) is 2. The molecule has 0 heterocycles. The zero-order chi connectivity index (χ0) is 21.6. The highest BCUT2D eigenvalue weighted by Gasteiger charge is 2.26. The predicted octanol–water partition coefficient (Wildman–Crippen LogP) is 3.82. The van der Waals surface area contributed by atoms with Crippen LogP contribution in [-0.2, 0) is 4.79 Å². The lowest BCUT2D eigenvalue weighted by molar-refractivity contribution is -0.124. The van der Waals surface area contributed by atoms with Crippen LogP contribution in [0.2, 0.25) is 5.02 Å². The first-order chi connectivity index (χ1) is 13.7. The number of carbonyl (C=O) groups is 2. The molecule has 156 valence electrons. The Kier molecular flexibility index (Phi) is 8.23. The van der Waals surface area contributed by atoms with Gasteiger partial charge in [-0.15, -0.1) is 0 Å². The van der Waals surface area contributed by atoms with Crippen molar-refractivity contribution in [3.8, 4) is 0 Å². The molecule has 6 heteroatoms. The number of hydrogen-bond acceptors (Lipinski definition) is 3. The molecule has 2 amide bonds. The van der Waals surface area contributed by atoms with E-state index in [1.54, 1.807) is 12.1 Å². The Morgan fingerprint density at radius 2 is 1.66 bits per heavy atom. The average Bonchev–Trinajstić information content (AvgIpc) is 2.67. The Morgan fingerprint density at radius 3 is 2.21 bits per heavy atom. The third-order valence-corrected chi connectivity index (χ3v) is 5.25. The highest BCUT2D eigenvalue weighted by Crippen LogP contribution is 2.25. The fraction of sp³-hybridized carbons (Fsp3) is 0.391. The number of rotatable bonds is 8. The van der Waals surface area contributed by atoms with Crippen LogP contribution in [0.5, 0.6) is 0 Å². The zero-order valence-corrected chi connectivity index (χ0v) is 18.5. The van der Waals surface area contributed by atoms with E-state index in [9.17, 15) is 9.59 Å². The monoisotopic (exact) mass is 415 g/mol. The van der Waals surface area contributed by atoms with Crippen LogP contribution < -0.4 is 10.6 Å². The lowest BCUT2D eigenvalue weighted by Gasteiger charge is -2.28. The van der Waals surface area contributed by atoms with Gasteiger partial charge in [0.05, 0.1) is 6.04 Å². The Bertz CT molecular complexity index is 834. The van der Waals surface area contributed by atoms with Gasteiger partial charge in [0.1, 0.15) is 6.04 Å². The van der Waals surface area contributed by atoms with Crippen molar-refractivity contribution < 1.29 is 9.59 Å². The van der Waals surface area contributed by atoms with Crippen molar-refractivity contribution in [1.29, 1.82) is 0 Å². The van der Waals surface area contributed by atoms with Gasteiger partial charge in [-0.3, -0.25) is 9.59 Å². The lowest BCUT2D eigenvalue weighted by Crippen LogP contribution is -2.51. The van der Waals surface area contributed by atoms with E-state index in [1.165, 1.54) is 0 Å². The minimum Gasteiger partial charge on any atom is -0.352 e. The summed E-state index contributed by atoms with van der Waals surface area (Å²) < 4.78 is 0. The molecule has 29 heavy (non-hydrogen) atoms. The maximum Gasteiger partial charge on any atom is 0.251 e. The molecule has 0 fully saturated rings. The fourth-order valence-corrected chi connectivity index (χ4v) is 3.35. The van der Waals surface area contributed by atoms with Gasteiger partial charge in [-0.1, -0.05) is 61.3 Å². The van der Waals surface area contributed by atoms with E-state index in [2.05, 4.69) is 10.6 Å². The number of halogens is 1. The van der Waals surface area contributed by atoms with Crippen molar-refractivity contribution in [1.82, 2.24) is 15.5 Å². The topological polar surface area (TPSA) is 61.4 Å². The number of amides is 2. The standard InChI is InChI=1S/C23H30ClN3O2/c1-15(2)21(26-22(28)17-12-10-16(3)11-13-17)23(29)25-14-20(27(4)5)18-8-6-7-9-19(18)24/h6-13,15,20-21H,14H2,1-5H3,(H,25,29)(H,26,28)/t20-,21-/m0/s1. The normalized spacial score (nSPS) is 13.2. The molecule has 0 bridgehead atoms. The van der Waals surface area contributed by atoms with Gasteiger partial charge in [-0.2, -0.15) is 0 Å². The van der Waals surface area contributed by atoms with Crippen LogP contribution in [0.15, 0.2) is 48.5 Å². The quantitative estimate of drug-likeness (QED) is 0.688. The summed E-state index contributed by atoms with van der Waals surface area (Å²) in [4.78, 5) is 27.5. The van der Waals surface area contributed by atoms with Crippen LogP contribution in [-0.4, -0.2) is 43.4 Å². The first-order valence-electron chi connectivity index (χ1n) is 9.76. The van der Waals surface area contributed by atoms with E-state index in [4.69, 9.17) is 11.6 Å². The van der Waals surface area contributed by atoms with Gasteiger partial charge in [0, 0.05) is 17.1 Å². The van der Waals surface area contributed by atoms with E-state index in [0.717, 1.165) is 11.1 Å². The Hall–Kier alpha value is -2.37. The molecule has 0 saturated carbocycles. The first-order valence-corrected chi connectivity index (χ1v) is 10.1. The van der Waals surface area contributed by atoms with E-state index in [1.807, 2.05) is 76.2 Å². The summed E-state index contributed by atoms with van der Waals surface area (Å²) in [5, 5.41) is 6.51. The van der Waals surface area contributed by atoms with Crippen LogP contribution in [0, 0.1) is 12.8 Å². The second-order valence-corrected chi connectivity index (χ2v) is 8.21. The molecule has 0 radical (unpaired) electrons. The van der Waals surface area contributed by atoms with Crippen LogP contribution in [0.1, 0.15) is 41.4 Å². The van der Waals surface area contributed by atoms with Crippen molar-refractivity contribution in [2.24, 2.45) is 5.92 Å². The van der Waals surface area contributed by atoms with Gasteiger partial charge in [0.2, 0.25) is 5.91 Å². The predicted molar refractivity (Wildman–Crippen MR) is 118 cm³/mol. The molecule has 0 saturated heterocycles. The Labute approximate surface area is 178 Å². The number of hydrogen-bond donors (Lipinski definition) is 2. The summed E-state index contributed by atoms with van der Waals surface area (Å²) in [5.41, 5.74) is 2.56. The molecule has 0 aliphatic carbocycles.